The van der Waals surface area contributed by atoms with Gasteiger partial charge in [0.1, 0.15) is 17.1 Å². The number of methoxy groups -OCH3 is 1. The smallest absolute Gasteiger partial charge is 0.389 e. The van der Waals surface area contributed by atoms with Crippen molar-refractivity contribution in [3.05, 3.63) is 77.5 Å². The number of hydrogen-bond donors (Lipinski definition) is 2. The van der Waals surface area contributed by atoms with Crippen molar-refractivity contribution in [2.24, 2.45) is 0 Å². The first kappa shape index (κ1) is 27.2. The molecule has 0 aliphatic heterocycles. The fourth-order valence-electron chi connectivity index (χ4n) is 4.61. The summed E-state index contributed by atoms with van der Waals surface area (Å²) in [5, 5.41) is 8.94. The number of furan rings is 1. The number of alkyl halides is 3. The number of ether oxygens (including phenoxy) is 1. The predicted molar refractivity (Wildman–Crippen MR) is 152 cm³/mol. The Morgan fingerprint density at radius 2 is 1.82 bits per heavy atom. The van der Waals surface area contributed by atoms with E-state index in [0.717, 1.165) is 24.7 Å². The maximum Gasteiger partial charge on any atom is 0.389 e. The van der Waals surface area contributed by atoms with Gasteiger partial charge in [0.15, 0.2) is 5.82 Å². The monoisotopic (exact) mass is 629 g/mol. The standard InChI is InChI=1S/C30H26F4N6O5/c1-29(2,28-37-14-44-40-28)39-24(41)20-11-16(13-36-26(20)43-4)18-12-19-22(25(42)35-3)23(15-5-7-17(31)8-6-15)45-27(19)38-21(18)9-10-30(32,33)34/h5-8,11-14H,9-10H2,1-4H3,(H,35,42)(H,39,41)/i4D3. The average Bonchev–Trinajstić information content (AvgIpc) is 3.68. The lowest BCUT2D eigenvalue weighted by molar-refractivity contribution is -0.134. The molecule has 45 heavy (non-hydrogen) atoms. The molecule has 5 rings (SSSR count). The summed E-state index contributed by atoms with van der Waals surface area (Å²) in [5.74, 6) is -2.60. The van der Waals surface area contributed by atoms with Crippen LogP contribution in [0.5, 0.6) is 5.88 Å². The summed E-state index contributed by atoms with van der Waals surface area (Å²) in [6.07, 6.45) is -4.36. The van der Waals surface area contributed by atoms with Gasteiger partial charge in [0, 0.05) is 36.4 Å². The van der Waals surface area contributed by atoms with E-state index < -0.39 is 60.7 Å². The summed E-state index contributed by atoms with van der Waals surface area (Å²) in [5.41, 5.74) is -1.62. The summed E-state index contributed by atoms with van der Waals surface area (Å²) in [4.78, 5) is 39.0. The van der Waals surface area contributed by atoms with Gasteiger partial charge in [0.25, 0.3) is 11.8 Å². The molecule has 5 aromatic rings. The van der Waals surface area contributed by atoms with Crippen molar-refractivity contribution in [1.82, 2.24) is 30.7 Å². The molecule has 2 amide bonds. The molecule has 0 aliphatic rings. The number of aromatic nitrogens is 4. The van der Waals surface area contributed by atoms with Crippen molar-refractivity contribution >= 4 is 22.9 Å². The van der Waals surface area contributed by atoms with Crippen LogP contribution in [0.25, 0.3) is 33.6 Å². The number of benzene rings is 1. The molecule has 0 radical (unpaired) electrons. The van der Waals surface area contributed by atoms with Crippen LogP contribution in [0.2, 0.25) is 0 Å². The number of carbonyl (C=O) groups is 2. The normalized spacial score (nSPS) is 13.2. The highest BCUT2D eigenvalue weighted by Gasteiger charge is 2.31. The number of pyridine rings is 2. The zero-order chi connectivity index (χ0) is 35.0. The van der Waals surface area contributed by atoms with Gasteiger partial charge in [0.05, 0.1) is 33.3 Å². The fourth-order valence-corrected chi connectivity index (χ4v) is 4.61. The number of nitrogens with zero attached hydrogens (tertiary/aromatic N) is 4. The van der Waals surface area contributed by atoms with Crippen molar-refractivity contribution in [2.45, 2.75) is 38.4 Å². The lowest BCUT2D eigenvalue weighted by atomic mass is 9.97. The van der Waals surface area contributed by atoms with E-state index in [1.807, 2.05) is 0 Å². The number of amides is 2. The Bertz CT molecular complexity index is 1980. The molecular formula is C30H26F4N6O5. The molecule has 2 N–H and O–H groups in total. The van der Waals surface area contributed by atoms with Crippen molar-refractivity contribution in [2.75, 3.05) is 14.1 Å². The second kappa shape index (κ2) is 12.0. The van der Waals surface area contributed by atoms with E-state index >= 15 is 0 Å². The zero-order valence-electron chi connectivity index (χ0n) is 26.9. The summed E-state index contributed by atoms with van der Waals surface area (Å²) in [6, 6.07) is 7.55. The topological polar surface area (TPSA) is 145 Å². The van der Waals surface area contributed by atoms with Crippen LogP contribution < -0.4 is 15.4 Å². The number of hydrogen-bond acceptors (Lipinski definition) is 9. The van der Waals surface area contributed by atoms with Gasteiger partial charge in [-0.05, 0) is 56.7 Å². The Balaban J connectivity index is 1.71. The quantitative estimate of drug-likeness (QED) is 0.199. The Morgan fingerprint density at radius 3 is 2.47 bits per heavy atom. The van der Waals surface area contributed by atoms with E-state index in [0.29, 0.717) is 5.56 Å². The predicted octanol–water partition coefficient (Wildman–Crippen LogP) is 5.61. The highest BCUT2D eigenvalue weighted by molar-refractivity contribution is 6.11. The van der Waals surface area contributed by atoms with E-state index in [9.17, 15) is 27.2 Å². The molecule has 15 heteroatoms. The molecule has 4 heterocycles. The number of aryl methyl sites for hydroxylation is 1. The molecule has 0 atom stereocenters. The number of fused-ring (bicyclic) bond motifs is 1. The van der Waals surface area contributed by atoms with Crippen molar-refractivity contribution < 1.29 is 44.9 Å². The van der Waals surface area contributed by atoms with Crippen LogP contribution in [0.4, 0.5) is 17.6 Å². The molecule has 0 aliphatic carbocycles. The molecule has 0 spiro atoms. The van der Waals surface area contributed by atoms with Gasteiger partial charge in [-0.2, -0.15) is 18.2 Å². The molecule has 0 saturated carbocycles. The van der Waals surface area contributed by atoms with Crippen LogP contribution in [0.3, 0.4) is 0 Å². The van der Waals surface area contributed by atoms with Gasteiger partial charge in [0.2, 0.25) is 18.0 Å². The Morgan fingerprint density at radius 1 is 1.07 bits per heavy atom. The number of carbonyl (C=O) groups excluding carboxylic acids is 2. The van der Waals surface area contributed by atoms with Crippen LogP contribution in [-0.4, -0.2) is 52.2 Å². The minimum absolute atomic E-state index is 0.0147. The Hall–Kier alpha value is -5.34. The third-order valence-corrected chi connectivity index (χ3v) is 6.82. The van der Waals surface area contributed by atoms with Crippen LogP contribution in [-0.2, 0) is 12.0 Å². The summed E-state index contributed by atoms with van der Waals surface area (Å²) < 4.78 is 92.2. The van der Waals surface area contributed by atoms with Gasteiger partial charge in [-0.15, -0.1) is 0 Å². The summed E-state index contributed by atoms with van der Waals surface area (Å²) in [7, 11) is -1.67. The van der Waals surface area contributed by atoms with Crippen LogP contribution >= 0.6 is 0 Å². The molecule has 0 unspecified atom stereocenters. The highest BCUT2D eigenvalue weighted by atomic mass is 19.4. The highest BCUT2D eigenvalue weighted by Crippen LogP contribution is 2.38. The third-order valence-electron chi connectivity index (χ3n) is 6.82. The van der Waals surface area contributed by atoms with E-state index in [4.69, 9.17) is 17.8 Å². The maximum atomic E-state index is 13.7. The average molecular weight is 630 g/mol. The SMILES string of the molecule is [2H]C([2H])([2H])Oc1ncc(-c2cc3c(C(=O)NC)c(-c4ccc(F)cc4)oc3nc2CCC(F)(F)F)cc1C(=O)NC(C)(C)c1ncon1. The zero-order valence-corrected chi connectivity index (χ0v) is 23.9. The van der Waals surface area contributed by atoms with Crippen LogP contribution in [0.1, 0.15) is 56.6 Å². The van der Waals surface area contributed by atoms with E-state index in [1.165, 1.54) is 31.3 Å². The molecule has 0 saturated heterocycles. The Labute approximate surface area is 257 Å². The second-order valence-electron chi connectivity index (χ2n) is 10.4. The van der Waals surface area contributed by atoms with Crippen LogP contribution in [0, 0.1) is 5.82 Å². The minimum Gasteiger partial charge on any atom is -0.480 e. The largest absolute Gasteiger partial charge is 0.480 e. The van der Waals surface area contributed by atoms with Gasteiger partial charge >= 0.3 is 6.18 Å². The van der Waals surface area contributed by atoms with Gasteiger partial charge < -0.3 is 24.3 Å². The Kier molecular flexibility index (Phi) is 7.25. The molecule has 0 fully saturated rings. The van der Waals surface area contributed by atoms with Crippen LogP contribution in [0.15, 0.2) is 57.9 Å². The van der Waals surface area contributed by atoms with E-state index in [-0.39, 0.29) is 45.1 Å². The van der Waals surface area contributed by atoms with Gasteiger partial charge in [-0.1, -0.05) is 5.16 Å². The molecular weight excluding hydrogens is 600 g/mol. The fraction of sp³-hybridized carbons (Fsp3) is 0.267. The lowest BCUT2D eigenvalue weighted by Gasteiger charge is -2.23. The first-order chi connectivity index (χ1) is 22.5. The van der Waals surface area contributed by atoms with E-state index in [2.05, 4.69) is 30.7 Å². The van der Waals surface area contributed by atoms with Gasteiger partial charge in [-0.25, -0.2) is 14.4 Å². The van der Waals surface area contributed by atoms with Gasteiger partial charge in [-0.3, -0.25) is 9.59 Å². The maximum absolute atomic E-state index is 13.7. The molecule has 11 nitrogen and oxygen atoms in total. The van der Waals surface area contributed by atoms with Crippen molar-refractivity contribution in [3.8, 4) is 28.3 Å². The third kappa shape index (κ3) is 6.46. The molecule has 1 aromatic carbocycles. The first-order valence-corrected chi connectivity index (χ1v) is 13.3. The molecule has 4 aromatic heterocycles. The minimum atomic E-state index is -4.58. The number of rotatable bonds is 9. The first-order valence-electron chi connectivity index (χ1n) is 14.8. The molecule has 0 bridgehead atoms. The number of nitrogens with one attached hydrogen (secondary N) is 2. The summed E-state index contributed by atoms with van der Waals surface area (Å²) >= 11 is 0. The molecule has 234 valence electrons. The summed E-state index contributed by atoms with van der Waals surface area (Å²) in [6.45, 7) is 3.09. The second-order valence-corrected chi connectivity index (χ2v) is 10.4. The van der Waals surface area contributed by atoms with Crippen molar-refractivity contribution in [1.29, 1.82) is 0 Å². The lowest BCUT2D eigenvalue weighted by Crippen LogP contribution is -2.42. The van der Waals surface area contributed by atoms with E-state index in [1.54, 1.807) is 13.8 Å². The van der Waals surface area contributed by atoms with Crippen molar-refractivity contribution in [3.63, 3.8) is 0 Å². The number of halogens is 4.